The van der Waals surface area contributed by atoms with Crippen LogP contribution in [0.15, 0.2) is 37.1 Å². The van der Waals surface area contributed by atoms with Gasteiger partial charge in [0.25, 0.3) is 0 Å². The largest absolute Gasteiger partial charge is 0.457 e. The number of ketones is 2. The molecule has 11 heteroatoms. The van der Waals surface area contributed by atoms with Gasteiger partial charge in [-0.2, -0.15) is 0 Å². The first-order valence-electron chi connectivity index (χ1n) is 17.3. The number of aryl methyl sites for hydroxylation is 1. The Morgan fingerprint density at radius 2 is 1.69 bits per heavy atom. The van der Waals surface area contributed by atoms with Gasteiger partial charge in [0, 0.05) is 62.1 Å². The predicted octanol–water partition coefficient (Wildman–Crippen LogP) is 6.14. The number of hydrogen-bond acceptors (Lipinski definition) is 9. The molecule has 0 spiro atoms. The molecule has 0 unspecified atom stereocenters. The molecule has 264 valence electrons. The topological polar surface area (TPSA) is 130 Å². The zero-order valence-corrected chi connectivity index (χ0v) is 30.3. The molecular formula is C37H54N4O7. The molecule has 4 heterocycles. The molecule has 48 heavy (non-hydrogen) atoms. The van der Waals surface area contributed by atoms with E-state index in [0.717, 1.165) is 17.7 Å². The number of aromatic nitrogens is 3. The number of cyclic esters (lactones) is 1. The number of ether oxygens (including phenoxy) is 3. The summed E-state index contributed by atoms with van der Waals surface area (Å²) in [5.41, 5.74) is -1.59. The normalized spacial score (nSPS) is 35.2. The Morgan fingerprint density at radius 3 is 2.31 bits per heavy atom. The van der Waals surface area contributed by atoms with Crippen LogP contribution in [0.2, 0.25) is 0 Å². The Morgan fingerprint density at radius 1 is 1.00 bits per heavy atom. The molecule has 0 aliphatic carbocycles. The average molecular weight is 667 g/mol. The van der Waals surface area contributed by atoms with Gasteiger partial charge in [-0.1, -0.05) is 34.6 Å². The number of carbonyl (C=O) groups is 4. The van der Waals surface area contributed by atoms with E-state index in [9.17, 15) is 19.2 Å². The number of rotatable bonds is 8. The van der Waals surface area contributed by atoms with Crippen molar-refractivity contribution in [3.05, 3.63) is 37.1 Å². The number of amides is 1. The van der Waals surface area contributed by atoms with Gasteiger partial charge >= 0.3 is 12.1 Å². The Balaban J connectivity index is 1.65. The summed E-state index contributed by atoms with van der Waals surface area (Å²) >= 11 is 0. The number of unbranched alkanes of at least 4 members (excludes halogenated alkanes) is 1. The molecule has 11 nitrogen and oxygen atoms in total. The van der Waals surface area contributed by atoms with E-state index in [-0.39, 0.29) is 17.5 Å². The lowest BCUT2D eigenvalue weighted by Crippen LogP contribution is -2.66. The van der Waals surface area contributed by atoms with E-state index >= 15 is 0 Å². The molecule has 2 fully saturated rings. The number of methoxy groups -OCH3 is 1. The minimum atomic E-state index is -1.37. The molecular weight excluding hydrogens is 612 g/mol. The van der Waals surface area contributed by atoms with Gasteiger partial charge in [0.15, 0.2) is 5.60 Å². The fraction of sp³-hybridized carbons (Fsp3) is 0.676. The summed E-state index contributed by atoms with van der Waals surface area (Å²) in [5.74, 6) is -3.93. The van der Waals surface area contributed by atoms with E-state index in [1.807, 2.05) is 64.4 Å². The fourth-order valence-electron chi connectivity index (χ4n) is 7.87. The van der Waals surface area contributed by atoms with Crippen molar-refractivity contribution in [3.63, 3.8) is 0 Å². The van der Waals surface area contributed by atoms with Crippen molar-refractivity contribution in [1.82, 2.24) is 19.4 Å². The summed E-state index contributed by atoms with van der Waals surface area (Å²) in [6.45, 7) is 17.5. The van der Waals surface area contributed by atoms with Crippen molar-refractivity contribution >= 4 is 23.6 Å². The highest BCUT2D eigenvalue weighted by Gasteiger charge is 2.67. The van der Waals surface area contributed by atoms with Crippen molar-refractivity contribution in [2.24, 2.45) is 29.6 Å². The number of fused-ring (bicyclic) bond motifs is 1. The van der Waals surface area contributed by atoms with Crippen LogP contribution in [0.4, 0.5) is 4.79 Å². The summed E-state index contributed by atoms with van der Waals surface area (Å²) < 4.78 is 20.3. The summed E-state index contributed by atoms with van der Waals surface area (Å²) in [6.07, 6.45) is 7.88. The van der Waals surface area contributed by atoms with Gasteiger partial charge in [0.05, 0.1) is 23.2 Å². The lowest BCUT2D eigenvalue weighted by molar-refractivity contribution is -0.178. The van der Waals surface area contributed by atoms with Crippen molar-refractivity contribution in [3.8, 4) is 11.3 Å². The number of Topliss-reactive ketones (excluding diaryl/α,β-unsaturated/α-hetero) is 2. The molecule has 0 saturated carbocycles. The highest BCUT2D eigenvalue weighted by atomic mass is 16.6. The number of hydrogen-bond donors (Lipinski definition) is 0. The third kappa shape index (κ3) is 6.67. The molecule has 0 radical (unpaired) electrons. The van der Waals surface area contributed by atoms with Gasteiger partial charge in [-0.15, -0.1) is 0 Å². The van der Waals surface area contributed by atoms with Crippen molar-refractivity contribution in [2.75, 3.05) is 13.7 Å². The van der Waals surface area contributed by atoms with E-state index in [1.165, 1.54) is 0 Å². The molecule has 2 saturated heterocycles. The maximum atomic E-state index is 14.4. The Hall–Kier alpha value is -3.60. The van der Waals surface area contributed by atoms with Crippen molar-refractivity contribution in [2.45, 2.75) is 117 Å². The molecule has 2 aliphatic heterocycles. The summed E-state index contributed by atoms with van der Waals surface area (Å²) in [4.78, 5) is 65.7. The minimum absolute atomic E-state index is 0.0468. The first kappa shape index (κ1) is 37.2. The summed E-state index contributed by atoms with van der Waals surface area (Å²) in [6, 6.07) is 3.83. The van der Waals surface area contributed by atoms with Gasteiger partial charge in [0.1, 0.15) is 23.6 Å². The Labute approximate surface area is 285 Å². The lowest BCUT2D eigenvalue weighted by Gasteiger charge is -2.49. The van der Waals surface area contributed by atoms with E-state index in [4.69, 9.17) is 14.2 Å². The molecule has 9 atom stereocenters. The molecule has 4 rings (SSSR count). The monoisotopic (exact) mass is 666 g/mol. The summed E-state index contributed by atoms with van der Waals surface area (Å²) in [5, 5.41) is 0. The Bertz CT molecular complexity index is 1480. The lowest BCUT2D eigenvalue weighted by atomic mass is 9.65. The zero-order valence-electron chi connectivity index (χ0n) is 30.3. The molecule has 2 aromatic heterocycles. The quantitative estimate of drug-likeness (QED) is 0.185. The van der Waals surface area contributed by atoms with Gasteiger partial charge in [-0.3, -0.25) is 24.3 Å². The SMILES string of the molecule is CC[C@H]1OC(=O)[C@H](C)C(=O)[C@H](C)[C@@H](C)[C@](C)(OC)C[C@@H](C)C(=O)[C@H](C)[C@@]2(C)N(CCCCn3cnc(-c4cccnc4)c3)C(=O)O[C@]12C. The highest BCUT2D eigenvalue weighted by molar-refractivity contribution is 6.00. The van der Waals surface area contributed by atoms with Gasteiger partial charge in [-0.05, 0) is 71.4 Å². The number of imidazole rings is 1. The van der Waals surface area contributed by atoms with Crippen LogP contribution in [-0.2, 0) is 35.1 Å². The van der Waals surface area contributed by atoms with Crippen LogP contribution in [-0.4, -0.2) is 79.6 Å². The van der Waals surface area contributed by atoms with Crippen molar-refractivity contribution in [1.29, 1.82) is 0 Å². The second-order valence-electron chi connectivity index (χ2n) is 14.5. The second-order valence-corrected chi connectivity index (χ2v) is 14.5. The third-order valence-electron chi connectivity index (χ3n) is 11.8. The van der Waals surface area contributed by atoms with Crippen LogP contribution < -0.4 is 0 Å². The molecule has 2 aromatic rings. The van der Waals surface area contributed by atoms with Crippen LogP contribution >= 0.6 is 0 Å². The van der Waals surface area contributed by atoms with E-state index in [2.05, 4.69) is 9.97 Å². The van der Waals surface area contributed by atoms with Gasteiger partial charge in [0.2, 0.25) is 0 Å². The minimum Gasteiger partial charge on any atom is -0.457 e. The van der Waals surface area contributed by atoms with E-state index in [0.29, 0.717) is 32.4 Å². The van der Waals surface area contributed by atoms with Crippen LogP contribution in [0, 0.1) is 29.6 Å². The summed E-state index contributed by atoms with van der Waals surface area (Å²) in [7, 11) is 1.59. The number of carbonyl (C=O) groups excluding carboxylic acids is 4. The van der Waals surface area contributed by atoms with E-state index in [1.54, 1.807) is 51.5 Å². The van der Waals surface area contributed by atoms with Crippen molar-refractivity contribution < 1.29 is 33.4 Å². The zero-order chi connectivity index (χ0) is 35.6. The first-order valence-corrected chi connectivity index (χ1v) is 17.3. The Kier molecular flexibility index (Phi) is 11.2. The maximum Gasteiger partial charge on any atom is 0.411 e. The predicted molar refractivity (Wildman–Crippen MR) is 181 cm³/mol. The number of pyridine rings is 1. The standard InChI is InChI=1S/C37H54N4O7/c1-11-30-37(9)36(8,41(34(45)48-37)18-13-12-17-40-21-29(39-22-40)28-15-14-16-38-20-28)27(6)31(42)23(2)19-35(7,46-10)26(5)24(3)32(43)25(4)33(44)47-30/h14-16,20-27,30H,11-13,17-19H2,1-10H3/t23-,24-,25-,26-,27+,30-,35-,36-,37-/m1/s1. The fourth-order valence-corrected chi connectivity index (χ4v) is 7.87. The van der Waals surface area contributed by atoms with Crippen LogP contribution in [0.5, 0.6) is 0 Å². The highest BCUT2D eigenvalue weighted by Crippen LogP contribution is 2.50. The molecule has 1 amide bonds. The van der Waals surface area contributed by atoms with Crippen LogP contribution in [0.1, 0.15) is 88.0 Å². The smallest absolute Gasteiger partial charge is 0.411 e. The number of nitrogens with zero attached hydrogens (tertiary/aromatic N) is 4. The van der Waals surface area contributed by atoms with Crippen LogP contribution in [0.3, 0.4) is 0 Å². The first-order chi connectivity index (χ1) is 22.5. The third-order valence-corrected chi connectivity index (χ3v) is 11.8. The number of esters is 1. The van der Waals surface area contributed by atoms with Gasteiger partial charge < -0.3 is 18.8 Å². The van der Waals surface area contributed by atoms with Crippen LogP contribution in [0.25, 0.3) is 11.3 Å². The second kappa shape index (κ2) is 14.5. The van der Waals surface area contributed by atoms with E-state index < -0.39 is 58.6 Å². The molecule has 0 bridgehead atoms. The molecule has 2 aliphatic rings. The van der Waals surface area contributed by atoms with Gasteiger partial charge in [-0.25, -0.2) is 9.78 Å². The maximum absolute atomic E-state index is 14.4. The molecule has 0 aromatic carbocycles. The average Bonchev–Trinajstić information content (AvgIpc) is 3.63. The molecule has 0 N–H and O–H groups in total.